The maximum Gasteiger partial charge on any atom is 0.316 e. The Bertz CT molecular complexity index is 1090. The third-order valence-corrected chi connectivity index (χ3v) is 6.16. The van der Waals surface area contributed by atoms with Gasteiger partial charge in [0.05, 0.1) is 24.8 Å². The van der Waals surface area contributed by atoms with E-state index in [0.29, 0.717) is 24.0 Å². The number of piperidine rings is 1. The number of esters is 1. The molecule has 0 radical (unpaired) electrons. The Morgan fingerprint density at radius 2 is 2.09 bits per heavy atom. The number of methoxy groups -OCH3 is 1. The highest BCUT2D eigenvalue weighted by molar-refractivity contribution is 7.99. The first-order valence-corrected chi connectivity index (χ1v) is 11.2. The van der Waals surface area contributed by atoms with Gasteiger partial charge in [-0.05, 0) is 42.7 Å². The van der Waals surface area contributed by atoms with E-state index in [4.69, 9.17) is 14.1 Å². The van der Waals surface area contributed by atoms with Crippen LogP contribution in [0.4, 0.5) is 4.39 Å². The van der Waals surface area contributed by atoms with E-state index >= 15 is 0 Å². The largest absolute Gasteiger partial charge is 0.468 e. The molecule has 4 rings (SSSR count). The molecular formula is C23H22FN3O4S. The fraction of sp³-hybridized carbons (Fsp3) is 0.304. The van der Waals surface area contributed by atoms with Crippen LogP contribution < -0.4 is 0 Å². The smallest absolute Gasteiger partial charge is 0.316 e. The highest BCUT2D eigenvalue weighted by Crippen LogP contribution is 2.34. The first kappa shape index (κ1) is 22.0. The van der Waals surface area contributed by atoms with E-state index in [9.17, 15) is 14.0 Å². The molecule has 7 nitrogen and oxygen atoms in total. The van der Waals surface area contributed by atoms with Crippen molar-refractivity contribution in [2.45, 2.75) is 23.9 Å². The first-order chi connectivity index (χ1) is 15.5. The lowest BCUT2D eigenvalue weighted by atomic mass is 9.90. The van der Waals surface area contributed by atoms with Crippen molar-refractivity contribution in [2.75, 3.05) is 26.0 Å². The molecule has 0 bridgehead atoms. The molecule has 0 N–H and O–H groups in total. The monoisotopic (exact) mass is 455 g/mol. The van der Waals surface area contributed by atoms with Gasteiger partial charge in [0.2, 0.25) is 0 Å². The van der Waals surface area contributed by atoms with Gasteiger partial charge < -0.3 is 14.1 Å². The van der Waals surface area contributed by atoms with Crippen molar-refractivity contribution >= 4 is 23.6 Å². The lowest BCUT2D eigenvalue weighted by molar-refractivity contribution is -0.137. The molecule has 1 aliphatic heterocycles. The van der Waals surface area contributed by atoms with Gasteiger partial charge in [-0.25, -0.2) is 14.4 Å². The Kier molecular flexibility index (Phi) is 6.84. The summed E-state index contributed by atoms with van der Waals surface area (Å²) in [7, 11) is 1.33. The number of furan rings is 1. The predicted octanol–water partition coefficient (Wildman–Crippen LogP) is 4.16. The Balaban J connectivity index is 1.64. The lowest BCUT2D eigenvalue weighted by Crippen LogP contribution is -2.39. The Labute approximate surface area is 189 Å². The molecule has 1 saturated heterocycles. The van der Waals surface area contributed by atoms with Crippen molar-refractivity contribution in [1.29, 1.82) is 0 Å². The van der Waals surface area contributed by atoms with Crippen LogP contribution in [0.25, 0.3) is 11.1 Å². The van der Waals surface area contributed by atoms with Crippen molar-refractivity contribution < 1.29 is 23.1 Å². The minimum absolute atomic E-state index is 0.0387. The Morgan fingerprint density at radius 3 is 2.81 bits per heavy atom. The van der Waals surface area contributed by atoms with Crippen molar-refractivity contribution in [3.8, 4) is 11.1 Å². The normalized spacial score (nSPS) is 16.1. The molecular weight excluding hydrogens is 433 g/mol. The average molecular weight is 456 g/mol. The zero-order chi connectivity index (χ0) is 22.5. The van der Waals surface area contributed by atoms with Gasteiger partial charge in [-0.15, -0.1) is 0 Å². The highest BCUT2D eigenvalue weighted by Gasteiger charge is 2.29. The second-order valence-electron chi connectivity index (χ2n) is 7.39. The topological polar surface area (TPSA) is 85.5 Å². The summed E-state index contributed by atoms with van der Waals surface area (Å²) in [4.78, 5) is 35.2. The molecule has 32 heavy (non-hydrogen) atoms. The molecule has 9 heteroatoms. The first-order valence-electron chi connectivity index (χ1n) is 10.2. The number of carbonyl (C=O) groups excluding carboxylic acids is 2. The van der Waals surface area contributed by atoms with Gasteiger partial charge in [-0.2, -0.15) is 0 Å². The number of ether oxygens (including phenoxy) is 1. The molecule has 166 valence electrons. The maximum absolute atomic E-state index is 13.5. The number of aromatic nitrogens is 2. The summed E-state index contributed by atoms with van der Waals surface area (Å²) in [6, 6.07) is 9.51. The van der Waals surface area contributed by atoms with Crippen molar-refractivity contribution in [2.24, 2.45) is 0 Å². The lowest BCUT2D eigenvalue weighted by Gasteiger charge is -2.32. The van der Waals surface area contributed by atoms with Gasteiger partial charge in [0.25, 0.3) is 5.91 Å². The zero-order valence-corrected chi connectivity index (χ0v) is 18.3. The number of rotatable bonds is 6. The number of likely N-dealkylation sites (tertiary alicyclic amines) is 1. The summed E-state index contributed by atoms with van der Waals surface area (Å²) < 4.78 is 23.4. The number of halogens is 1. The maximum atomic E-state index is 13.5. The van der Waals surface area contributed by atoms with Gasteiger partial charge in [-0.1, -0.05) is 23.9 Å². The number of hydrogen-bond acceptors (Lipinski definition) is 7. The van der Waals surface area contributed by atoms with Crippen LogP contribution in [-0.2, 0) is 9.53 Å². The predicted molar refractivity (Wildman–Crippen MR) is 117 cm³/mol. The molecule has 0 saturated carbocycles. The fourth-order valence-corrected chi connectivity index (χ4v) is 4.39. The SMILES string of the molecule is COC(=O)CSc1ncc(-c2ccc(F)cc2)c([C@H]2CCCN(C(=O)c3ccco3)C2)n1. The zero-order valence-electron chi connectivity index (χ0n) is 17.5. The third-order valence-electron chi connectivity index (χ3n) is 5.33. The van der Waals surface area contributed by atoms with E-state index in [1.165, 1.54) is 37.3 Å². The summed E-state index contributed by atoms with van der Waals surface area (Å²) in [5.41, 5.74) is 2.35. The summed E-state index contributed by atoms with van der Waals surface area (Å²) in [6.45, 7) is 1.11. The number of nitrogens with zero attached hydrogens (tertiary/aromatic N) is 3. The second-order valence-corrected chi connectivity index (χ2v) is 8.33. The highest BCUT2D eigenvalue weighted by atomic mass is 32.2. The molecule has 1 amide bonds. The van der Waals surface area contributed by atoms with E-state index < -0.39 is 0 Å². The summed E-state index contributed by atoms with van der Waals surface area (Å²) in [5, 5.41) is 0.450. The van der Waals surface area contributed by atoms with E-state index in [1.807, 2.05) is 0 Å². The summed E-state index contributed by atoms with van der Waals surface area (Å²) >= 11 is 1.19. The molecule has 3 aromatic rings. The quantitative estimate of drug-likeness (QED) is 0.313. The second kappa shape index (κ2) is 9.95. The van der Waals surface area contributed by atoms with Crippen LogP contribution in [0.15, 0.2) is 58.4 Å². The summed E-state index contributed by atoms with van der Waals surface area (Å²) in [5.74, 6) is -0.480. The van der Waals surface area contributed by atoms with Crippen LogP contribution >= 0.6 is 11.8 Å². The van der Waals surface area contributed by atoms with E-state index in [0.717, 1.165) is 29.7 Å². The van der Waals surface area contributed by atoms with Crippen molar-refractivity contribution in [1.82, 2.24) is 14.9 Å². The number of thioether (sulfide) groups is 1. The van der Waals surface area contributed by atoms with Crippen LogP contribution in [0, 0.1) is 5.82 Å². The van der Waals surface area contributed by atoms with Crippen LogP contribution in [0.3, 0.4) is 0 Å². The molecule has 2 aromatic heterocycles. The molecule has 0 spiro atoms. The molecule has 3 heterocycles. The van der Waals surface area contributed by atoms with Crippen molar-refractivity contribution in [3.63, 3.8) is 0 Å². The minimum atomic E-state index is -0.365. The van der Waals surface area contributed by atoms with Gasteiger partial charge in [0.1, 0.15) is 5.82 Å². The molecule has 1 fully saturated rings. The van der Waals surface area contributed by atoms with Crippen LogP contribution in [0.2, 0.25) is 0 Å². The Morgan fingerprint density at radius 1 is 1.28 bits per heavy atom. The average Bonchev–Trinajstić information content (AvgIpc) is 3.37. The van der Waals surface area contributed by atoms with E-state index in [-0.39, 0.29) is 29.4 Å². The van der Waals surface area contributed by atoms with Crippen LogP contribution in [0.5, 0.6) is 0 Å². The number of benzene rings is 1. The molecule has 1 aliphatic rings. The number of amides is 1. The summed E-state index contributed by atoms with van der Waals surface area (Å²) in [6.07, 6.45) is 4.84. The Hall–Kier alpha value is -3.20. The third kappa shape index (κ3) is 4.99. The number of carbonyl (C=O) groups is 2. The minimum Gasteiger partial charge on any atom is -0.468 e. The standard InChI is InChI=1S/C23H22FN3O4S/c1-30-20(28)14-32-23-25-12-18(15-6-8-17(24)9-7-15)21(26-23)16-4-2-10-27(13-16)22(29)19-5-3-11-31-19/h3,5-9,11-12,16H,2,4,10,13-14H2,1H3/t16-/m0/s1. The van der Waals surface area contributed by atoms with Gasteiger partial charge in [0.15, 0.2) is 10.9 Å². The number of hydrogen-bond donors (Lipinski definition) is 0. The van der Waals surface area contributed by atoms with Crippen LogP contribution in [-0.4, -0.2) is 52.7 Å². The molecule has 0 unspecified atom stereocenters. The van der Waals surface area contributed by atoms with E-state index in [2.05, 4.69) is 4.98 Å². The van der Waals surface area contributed by atoms with Gasteiger partial charge in [0, 0.05) is 30.8 Å². The van der Waals surface area contributed by atoms with E-state index in [1.54, 1.807) is 35.4 Å². The molecule has 1 aromatic carbocycles. The van der Waals surface area contributed by atoms with Gasteiger partial charge in [-0.3, -0.25) is 9.59 Å². The van der Waals surface area contributed by atoms with Gasteiger partial charge >= 0.3 is 5.97 Å². The fourth-order valence-electron chi connectivity index (χ4n) is 3.73. The molecule has 1 atom stereocenters. The molecule has 0 aliphatic carbocycles. The van der Waals surface area contributed by atoms with Crippen LogP contribution in [0.1, 0.15) is 35.0 Å². The van der Waals surface area contributed by atoms with Crippen molar-refractivity contribution in [3.05, 3.63) is 66.1 Å².